The lowest BCUT2D eigenvalue weighted by Gasteiger charge is -2.36. The van der Waals surface area contributed by atoms with Crippen LogP contribution in [0.1, 0.15) is 37.7 Å². The summed E-state index contributed by atoms with van der Waals surface area (Å²) in [6.45, 7) is 1.90. The van der Waals surface area contributed by atoms with E-state index in [2.05, 4.69) is 9.55 Å². The lowest BCUT2D eigenvalue weighted by Crippen LogP contribution is -2.34. The number of rotatable bonds is 3. The first-order valence-corrected chi connectivity index (χ1v) is 6.56. The Bertz CT molecular complexity index is 602. The van der Waals surface area contributed by atoms with Crippen LogP contribution in [-0.2, 0) is 4.74 Å². The highest BCUT2D eigenvalue weighted by Gasteiger charge is 2.33. The van der Waals surface area contributed by atoms with E-state index in [-0.39, 0.29) is 18.0 Å². The van der Waals surface area contributed by atoms with Crippen LogP contribution in [-0.4, -0.2) is 22.8 Å². The third-order valence-electron chi connectivity index (χ3n) is 3.85. The molecule has 1 aromatic heterocycles. The molecule has 3 rings (SSSR count). The Morgan fingerprint density at radius 1 is 1.47 bits per heavy atom. The molecule has 2 aromatic rings. The summed E-state index contributed by atoms with van der Waals surface area (Å²) in [5, 5.41) is 0. The van der Waals surface area contributed by atoms with Crippen LogP contribution in [0.2, 0.25) is 0 Å². The Hall–Kier alpha value is -1.46. The molecule has 0 spiro atoms. The largest absolute Gasteiger partial charge is 0.381 e. The van der Waals surface area contributed by atoms with Crippen LogP contribution in [0.3, 0.4) is 0 Å². The number of fused-ring (bicyclic) bond motifs is 1. The van der Waals surface area contributed by atoms with E-state index in [0.29, 0.717) is 6.04 Å². The highest BCUT2D eigenvalue weighted by atomic mass is 19.1. The van der Waals surface area contributed by atoms with E-state index < -0.39 is 0 Å². The predicted molar refractivity (Wildman–Crippen MR) is 71.4 cm³/mol. The molecule has 0 bridgehead atoms. The van der Waals surface area contributed by atoms with Crippen LogP contribution >= 0.6 is 0 Å². The third kappa shape index (κ3) is 2.03. The lowest BCUT2D eigenvalue weighted by molar-refractivity contribution is 0.00636. The van der Waals surface area contributed by atoms with Crippen molar-refractivity contribution in [1.29, 1.82) is 0 Å². The highest BCUT2D eigenvalue weighted by Crippen LogP contribution is 2.38. The standard InChI is InChI=1S/C14H18FN3O/c1-8(16)14-17-12-4-3-9(15)5-13(12)18(14)10-6-11(7-10)19-2/h3-5,8,10-11H,6-7,16H2,1-2H3. The fourth-order valence-electron chi connectivity index (χ4n) is 2.73. The maximum absolute atomic E-state index is 13.5. The number of aromatic nitrogens is 2. The molecule has 1 heterocycles. The SMILES string of the molecule is COC1CC(n2c(C(C)N)nc3ccc(F)cc32)C1. The fraction of sp³-hybridized carbons (Fsp3) is 0.500. The number of imidazole rings is 1. The lowest BCUT2D eigenvalue weighted by atomic mass is 9.88. The molecule has 1 fully saturated rings. The Labute approximate surface area is 111 Å². The van der Waals surface area contributed by atoms with E-state index in [1.165, 1.54) is 12.1 Å². The molecule has 19 heavy (non-hydrogen) atoms. The van der Waals surface area contributed by atoms with Gasteiger partial charge in [-0.2, -0.15) is 0 Å². The van der Waals surface area contributed by atoms with Crippen molar-refractivity contribution in [3.63, 3.8) is 0 Å². The van der Waals surface area contributed by atoms with Gasteiger partial charge in [-0.25, -0.2) is 9.37 Å². The molecule has 102 valence electrons. The van der Waals surface area contributed by atoms with Gasteiger partial charge in [-0.1, -0.05) is 0 Å². The molecule has 4 nitrogen and oxygen atoms in total. The van der Waals surface area contributed by atoms with Crippen molar-refractivity contribution in [3.8, 4) is 0 Å². The minimum absolute atomic E-state index is 0.169. The van der Waals surface area contributed by atoms with Crippen molar-refractivity contribution in [2.24, 2.45) is 5.73 Å². The summed E-state index contributed by atoms with van der Waals surface area (Å²) < 4.78 is 20.9. The zero-order valence-electron chi connectivity index (χ0n) is 11.1. The summed E-state index contributed by atoms with van der Waals surface area (Å²) in [6.07, 6.45) is 2.15. The van der Waals surface area contributed by atoms with Crippen LogP contribution in [0.25, 0.3) is 11.0 Å². The monoisotopic (exact) mass is 263 g/mol. The number of nitrogens with two attached hydrogens (primary N) is 1. The molecule has 0 aliphatic heterocycles. The number of hydrogen-bond acceptors (Lipinski definition) is 3. The average Bonchev–Trinajstić information content (AvgIpc) is 2.67. The molecular weight excluding hydrogens is 245 g/mol. The van der Waals surface area contributed by atoms with Crippen LogP contribution in [0.15, 0.2) is 18.2 Å². The average molecular weight is 263 g/mol. The zero-order chi connectivity index (χ0) is 13.6. The second kappa shape index (κ2) is 4.58. The molecule has 1 aromatic carbocycles. The summed E-state index contributed by atoms with van der Waals surface area (Å²) >= 11 is 0. The molecule has 1 saturated carbocycles. The normalized spacial score (nSPS) is 24.4. The van der Waals surface area contributed by atoms with E-state index in [9.17, 15) is 4.39 Å². The molecule has 2 N–H and O–H groups in total. The predicted octanol–water partition coefficient (Wildman–Crippen LogP) is 2.55. The smallest absolute Gasteiger partial charge is 0.126 e. The van der Waals surface area contributed by atoms with Crippen molar-refractivity contribution in [1.82, 2.24) is 9.55 Å². The molecule has 0 saturated heterocycles. The summed E-state index contributed by atoms with van der Waals surface area (Å²) in [6, 6.07) is 4.81. The van der Waals surface area contributed by atoms with Gasteiger partial charge < -0.3 is 15.0 Å². The highest BCUT2D eigenvalue weighted by molar-refractivity contribution is 5.76. The van der Waals surface area contributed by atoms with Crippen molar-refractivity contribution in [2.75, 3.05) is 7.11 Å². The van der Waals surface area contributed by atoms with Crippen molar-refractivity contribution < 1.29 is 9.13 Å². The first kappa shape index (κ1) is 12.6. The molecule has 1 atom stereocenters. The van der Waals surface area contributed by atoms with Gasteiger partial charge in [0, 0.05) is 13.2 Å². The Morgan fingerprint density at radius 3 is 2.84 bits per heavy atom. The van der Waals surface area contributed by atoms with Gasteiger partial charge in [0.1, 0.15) is 11.6 Å². The van der Waals surface area contributed by atoms with Crippen molar-refractivity contribution in [2.45, 2.75) is 38.0 Å². The van der Waals surface area contributed by atoms with E-state index in [0.717, 1.165) is 29.7 Å². The summed E-state index contributed by atoms with van der Waals surface area (Å²) in [5.74, 6) is 0.577. The fourth-order valence-corrected chi connectivity index (χ4v) is 2.73. The topological polar surface area (TPSA) is 53.1 Å². The van der Waals surface area contributed by atoms with E-state index in [1.807, 2.05) is 6.92 Å². The molecule has 0 amide bonds. The second-order valence-corrected chi connectivity index (χ2v) is 5.24. The molecule has 0 radical (unpaired) electrons. The van der Waals surface area contributed by atoms with Crippen LogP contribution in [0, 0.1) is 5.82 Å². The maximum atomic E-state index is 13.5. The minimum atomic E-state index is -0.243. The number of halogens is 1. The van der Waals surface area contributed by atoms with Gasteiger partial charge in [0.05, 0.1) is 23.2 Å². The van der Waals surface area contributed by atoms with Crippen LogP contribution in [0.5, 0.6) is 0 Å². The van der Waals surface area contributed by atoms with Gasteiger partial charge in [0.25, 0.3) is 0 Å². The molecular formula is C14H18FN3O. The van der Waals surface area contributed by atoms with Gasteiger partial charge in [0.2, 0.25) is 0 Å². The first-order chi connectivity index (χ1) is 9.10. The van der Waals surface area contributed by atoms with E-state index >= 15 is 0 Å². The van der Waals surface area contributed by atoms with Crippen molar-refractivity contribution in [3.05, 3.63) is 29.8 Å². The number of ether oxygens (including phenoxy) is 1. The minimum Gasteiger partial charge on any atom is -0.381 e. The molecule has 5 heteroatoms. The Kier molecular flexibility index (Phi) is 3.03. The zero-order valence-corrected chi connectivity index (χ0v) is 11.1. The van der Waals surface area contributed by atoms with Gasteiger partial charge in [-0.3, -0.25) is 0 Å². The number of nitrogens with zero attached hydrogens (tertiary/aromatic N) is 2. The maximum Gasteiger partial charge on any atom is 0.126 e. The third-order valence-corrected chi connectivity index (χ3v) is 3.85. The van der Waals surface area contributed by atoms with Gasteiger partial charge in [0.15, 0.2) is 0 Å². The summed E-state index contributed by atoms with van der Waals surface area (Å²) in [7, 11) is 1.72. The van der Waals surface area contributed by atoms with Crippen LogP contribution < -0.4 is 5.73 Å². The molecule has 1 aliphatic carbocycles. The number of methoxy groups -OCH3 is 1. The summed E-state index contributed by atoms with van der Waals surface area (Å²) in [4.78, 5) is 4.54. The van der Waals surface area contributed by atoms with Gasteiger partial charge in [-0.15, -0.1) is 0 Å². The van der Waals surface area contributed by atoms with Gasteiger partial charge >= 0.3 is 0 Å². The van der Waals surface area contributed by atoms with Gasteiger partial charge in [-0.05, 0) is 38.0 Å². The summed E-state index contributed by atoms with van der Waals surface area (Å²) in [5.41, 5.74) is 7.62. The first-order valence-electron chi connectivity index (χ1n) is 6.56. The van der Waals surface area contributed by atoms with Crippen LogP contribution in [0.4, 0.5) is 4.39 Å². The number of hydrogen-bond donors (Lipinski definition) is 1. The van der Waals surface area contributed by atoms with E-state index in [4.69, 9.17) is 10.5 Å². The molecule has 1 aliphatic rings. The quantitative estimate of drug-likeness (QED) is 0.925. The van der Waals surface area contributed by atoms with E-state index in [1.54, 1.807) is 13.2 Å². The number of benzene rings is 1. The van der Waals surface area contributed by atoms with Crippen molar-refractivity contribution >= 4 is 11.0 Å². The molecule has 1 unspecified atom stereocenters. The second-order valence-electron chi connectivity index (χ2n) is 5.24. The Morgan fingerprint density at radius 2 is 2.21 bits per heavy atom. The Balaban J connectivity index is 2.09.